The number of aromatic hydroxyl groups is 1. The minimum atomic E-state index is -1.12. The van der Waals surface area contributed by atoms with E-state index < -0.39 is 11.4 Å². The van der Waals surface area contributed by atoms with Gasteiger partial charge in [0, 0.05) is 35.2 Å². The first-order chi connectivity index (χ1) is 13.1. The quantitative estimate of drug-likeness (QED) is 0.688. The highest BCUT2D eigenvalue weighted by molar-refractivity contribution is 5.77. The summed E-state index contributed by atoms with van der Waals surface area (Å²) < 4.78 is 25.7. The minimum Gasteiger partial charge on any atom is -0.508 e. The predicted octanol–water partition coefficient (Wildman–Crippen LogP) is 2.68. The summed E-state index contributed by atoms with van der Waals surface area (Å²) >= 11 is 0. The predicted molar refractivity (Wildman–Crippen MR) is 94.0 cm³/mol. The lowest BCUT2D eigenvalue weighted by Crippen LogP contribution is -2.31. The number of ether oxygens (including phenoxy) is 2. The Morgan fingerprint density at radius 2 is 2.04 bits per heavy atom. The number of phenols is 1. The van der Waals surface area contributed by atoms with E-state index in [4.69, 9.17) is 15.2 Å². The van der Waals surface area contributed by atoms with Crippen LogP contribution in [0.1, 0.15) is 11.1 Å². The van der Waals surface area contributed by atoms with Gasteiger partial charge in [-0.3, -0.25) is 9.97 Å². The fourth-order valence-electron chi connectivity index (χ4n) is 3.50. The van der Waals surface area contributed by atoms with E-state index in [-0.39, 0.29) is 24.1 Å². The summed E-state index contributed by atoms with van der Waals surface area (Å²) in [6, 6.07) is 7.78. The third-order valence-electron chi connectivity index (χ3n) is 4.70. The van der Waals surface area contributed by atoms with Crippen LogP contribution in [0, 0.1) is 5.82 Å². The molecule has 2 aliphatic heterocycles. The third kappa shape index (κ3) is 2.23. The molecule has 1 aromatic heterocycles. The topological polar surface area (TPSA) is 103 Å². The van der Waals surface area contributed by atoms with Crippen molar-refractivity contribution in [2.75, 3.05) is 6.61 Å². The van der Waals surface area contributed by atoms with E-state index in [1.165, 1.54) is 6.07 Å². The Balaban J connectivity index is 1.78. The van der Waals surface area contributed by atoms with Crippen molar-refractivity contribution >= 4 is 6.02 Å². The zero-order valence-corrected chi connectivity index (χ0v) is 13.9. The number of benzene rings is 2. The minimum absolute atomic E-state index is 0.00500. The SMILES string of the molecule is NC1=N[C@@]2(CO1)c1cc(-c3cnccn3)ccc1Oc1c(F)cc(O)cc12. The van der Waals surface area contributed by atoms with E-state index in [1.54, 1.807) is 24.7 Å². The van der Waals surface area contributed by atoms with Crippen LogP contribution in [0.4, 0.5) is 4.39 Å². The maximum atomic E-state index is 14.5. The second-order valence-electron chi connectivity index (χ2n) is 6.31. The van der Waals surface area contributed by atoms with Crippen LogP contribution >= 0.6 is 0 Å². The van der Waals surface area contributed by atoms with Gasteiger partial charge in [0.1, 0.15) is 18.1 Å². The molecule has 0 bridgehead atoms. The number of aliphatic imine (C=N–C) groups is 1. The number of hydrogen-bond acceptors (Lipinski definition) is 7. The molecular formula is C19H13FN4O3. The summed E-state index contributed by atoms with van der Waals surface area (Å²) in [7, 11) is 0. The lowest BCUT2D eigenvalue weighted by molar-refractivity contribution is 0.261. The van der Waals surface area contributed by atoms with Crippen LogP contribution in [0.2, 0.25) is 0 Å². The van der Waals surface area contributed by atoms with Crippen LogP contribution < -0.4 is 10.5 Å². The normalized spacial score (nSPS) is 19.7. The summed E-state index contributed by atoms with van der Waals surface area (Å²) in [6.07, 6.45) is 4.82. The van der Waals surface area contributed by atoms with Crippen molar-refractivity contribution in [3.8, 4) is 28.5 Å². The van der Waals surface area contributed by atoms with Gasteiger partial charge in [0.2, 0.25) is 0 Å². The molecule has 7 nitrogen and oxygen atoms in total. The molecule has 0 saturated heterocycles. The lowest BCUT2D eigenvalue weighted by atomic mass is 9.80. The number of aromatic nitrogens is 2. The number of hydrogen-bond donors (Lipinski definition) is 2. The molecule has 0 aliphatic carbocycles. The Labute approximate surface area is 152 Å². The summed E-state index contributed by atoms with van der Waals surface area (Å²) in [5, 5.41) is 9.92. The lowest BCUT2D eigenvalue weighted by Gasteiger charge is -2.33. The van der Waals surface area contributed by atoms with Crippen molar-refractivity contribution in [3.63, 3.8) is 0 Å². The van der Waals surface area contributed by atoms with Crippen LogP contribution in [-0.4, -0.2) is 27.7 Å². The standard InChI is InChI=1S/C19H13FN4O3/c20-14-7-11(25)6-13-17(14)27-16-2-1-10(15-8-22-3-4-23-15)5-12(16)19(13)9-26-18(21)24-19/h1-8,25H,9H2,(H2,21,24)/t19-/m0/s1. The van der Waals surface area contributed by atoms with Crippen LogP contribution in [0.3, 0.4) is 0 Å². The average Bonchev–Trinajstić information content (AvgIpc) is 3.06. The molecule has 0 amide bonds. The first-order valence-electron chi connectivity index (χ1n) is 8.17. The molecule has 0 radical (unpaired) electrons. The van der Waals surface area contributed by atoms with E-state index in [2.05, 4.69) is 15.0 Å². The molecule has 5 rings (SSSR count). The molecule has 3 heterocycles. The fraction of sp³-hybridized carbons (Fsp3) is 0.105. The van der Waals surface area contributed by atoms with E-state index in [0.717, 1.165) is 11.6 Å². The van der Waals surface area contributed by atoms with Gasteiger partial charge in [-0.15, -0.1) is 0 Å². The molecule has 1 atom stereocenters. The molecule has 3 N–H and O–H groups in total. The number of amidine groups is 1. The summed E-state index contributed by atoms with van der Waals surface area (Å²) in [6.45, 7) is 0.0645. The highest BCUT2D eigenvalue weighted by atomic mass is 19.1. The van der Waals surface area contributed by atoms with E-state index in [0.29, 0.717) is 22.6 Å². The number of halogens is 1. The van der Waals surface area contributed by atoms with E-state index in [9.17, 15) is 9.50 Å². The molecule has 2 aromatic carbocycles. The number of nitrogens with two attached hydrogens (primary N) is 1. The summed E-state index contributed by atoms with van der Waals surface area (Å²) in [4.78, 5) is 12.8. The Bertz CT molecular complexity index is 1100. The van der Waals surface area contributed by atoms with Crippen molar-refractivity contribution < 1.29 is 19.0 Å². The first kappa shape index (κ1) is 15.6. The number of nitrogens with zero attached hydrogens (tertiary/aromatic N) is 3. The van der Waals surface area contributed by atoms with Gasteiger partial charge in [0.25, 0.3) is 6.02 Å². The number of fused-ring (bicyclic) bond motifs is 4. The monoisotopic (exact) mass is 364 g/mol. The van der Waals surface area contributed by atoms with Gasteiger partial charge >= 0.3 is 0 Å². The fourth-order valence-corrected chi connectivity index (χ4v) is 3.50. The van der Waals surface area contributed by atoms with Crippen molar-refractivity contribution in [1.29, 1.82) is 0 Å². The third-order valence-corrected chi connectivity index (χ3v) is 4.70. The smallest absolute Gasteiger partial charge is 0.283 e. The van der Waals surface area contributed by atoms with Gasteiger partial charge in [-0.25, -0.2) is 9.38 Å². The number of phenolic OH excluding ortho intramolecular Hbond substituents is 1. The molecule has 27 heavy (non-hydrogen) atoms. The maximum absolute atomic E-state index is 14.5. The van der Waals surface area contributed by atoms with Gasteiger partial charge in [0.15, 0.2) is 17.1 Å². The zero-order chi connectivity index (χ0) is 18.6. The van der Waals surface area contributed by atoms with Crippen LogP contribution in [-0.2, 0) is 10.3 Å². The second-order valence-corrected chi connectivity index (χ2v) is 6.31. The molecule has 0 fully saturated rings. The van der Waals surface area contributed by atoms with Crippen LogP contribution in [0.5, 0.6) is 17.2 Å². The summed E-state index contributed by atoms with van der Waals surface area (Å²) in [5.41, 5.74) is 7.11. The molecule has 2 aliphatic rings. The van der Waals surface area contributed by atoms with Crippen molar-refractivity contribution in [2.45, 2.75) is 5.54 Å². The molecule has 1 spiro atoms. The molecule has 3 aromatic rings. The maximum Gasteiger partial charge on any atom is 0.283 e. The Hall–Kier alpha value is -3.68. The Morgan fingerprint density at radius 1 is 1.15 bits per heavy atom. The van der Waals surface area contributed by atoms with Crippen molar-refractivity contribution in [2.24, 2.45) is 10.7 Å². The molecule has 8 heteroatoms. The van der Waals surface area contributed by atoms with Gasteiger partial charge in [0.05, 0.1) is 11.9 Å². The van der Waals surface area contributed by atoms with Crippen LogP contribution in [0.15, 0.2) is 53.9 Å². The van der Waals surface area contributed by atoms with E-state index in [1.807, 2.05) is 12.1 Å². The van der Waals surface area contributed by atoms with Gasteiger partial charge in [-0.05, 0) is 24.3 Å². The molecular weight excluding hydrogens is 351 g/mol. The number of rotatable bonds is 1. The first-order valence-corrected chi connectivity index (χ1v) is 8.17. The highest BCUT2D eigenvalue weighted by Gasteiger charge is 2.48. The largest absolute Gasteiger partial charge is 0.508 e. The van der Waals surface area contributed by atoms with E-state index >= 15 is 0 Å². The van der Waals surface area contributed by atoms with Crippen LogP contribution in [0.25, 0.3) is 11.3 Å². The zero-order valence-electron chi connectivity index (χ0n) is 13.9. The molecule has 134 valence electrons. The van der Waals surface area contributed by atoms with Gasteiger partial charge in [-0.2, -0.15) is 0 Å². The van der Waals surface area contributed by atoms with Crippen molar-refractivity contribution in [3.05, 3.63) is 65.9 Å². The molecule has 0 saturated carbocycles. The Kier molecular flexibility index (Phi) is 3.12. The highest BCUT2D eigenvalue weighted by Crippen LogP contribution is 2.53. The average molecular weight is 364 g/mol. The summed E-state index contributed by atoms with van der Waals surface area (Å²) in [5.74, 6) is -0.492. The van der Waals surface area contributed by atoms with Crippen molar-refractivity contribution in [1.82, 2.24) is 9.97 Å². The second kappa shape index (κ2) is 5.41. The Morgan fingerprint density at radius 3 is 2.78 bits per heavy atom. The van der Waals surface area contributed by atoms with Gasteiger partial charge in [-0.1, -0.05) is 0 Å². The van der Waals surface area contributed by atoms with Gasteiger partial charge < -0.3 is 20.3 Å². The molecule has 0 unspecified atom stereocenters.